The molecule has 1 atom stereocenters. The largest absolute Gasteiger partial charge is 0.508 e. The lowest BCUT2D eigenvalue weighted by molar-refractivity contribution is 0.0681. The molecule has 0 radical (unpaired) electrons. The van der Waals surface area contributed by atoms with Crippen LogP contribution in [0.3, 0.4) is 0 Å². The van der Waals surface area contributed by atoms with E-state index in [0.717, 1.165) is 31.4 Å². The van der Waals surface area contributed by atoms with Gasteiger partial charge in [-0.3, -0.25) is 4.79 Å². The molecule has 0 amide bonds. The molecule has 0 aliphatic heterocycles. The van der Waals surface area contributed by atoms with Crippen LogP contribution in [0.25, 0.3) is 0 Å². The van der Waals surface area contributed by atoms with Gasteiger partial charge in [0.15, 0.2) is 0 Å². The predicted octanol–water partition coefficient (Wildman–Crippen LogP) is 1.61. The number of carboxylic acid groups (broad SMARTS) is 1. The summed E-state index contributed by atoms with van der Waals surface area (Å²) in [7, 11) is 0. The number of aromatic carboxylic acids is 1. The van der Waals surface area contributed by atoms with E-state index in [4.69, 9.17) is 5.11 Å². The highest BCUT2D eigenvalue weighted by atomic mass is 16.4. The molecule has 5 nitrogen and oxygen atoms in total. The van der Waals surface area contributed by atoms with Crippen molar-refractivity contribution in [3.05, 3.63) is 40.3 Å². The highest BCUT2D eigenvalue weighted by Crippen LogP contribution is 2.20. The van der Waals surface area contributed by atoms with Crippen molar-refractivity contribution >= 4 is 5.97 Å². The van der Waals surface area contributed by atoms with Gasteiger partial charge in [0.1, 0.15) is 11.4 Å². The number of rotatable bonds is 3. The zero-order valence-corrected chi connectivity index (χ0v) is 9.87. The van der Waals surface area contributed by atoms with Gasteiger partial charge in [-0.15, -0.1) is 0 Å². The van der Waals surface area contributed by atoms with E-state index in [0.29, 0.717) is 6.54 Å². The van der Waals surface area contributed by atoms with E-state index in [1.54, 1.807) is 0 Å². The lowest BCUT2D eigenvalue weighted by Crippen LogP contribution is -2.28. The number of aromatic hydroxyl groups is 1. The molecule has 0 saturated carbocycles. The van der Waals surface area contributed by atoms with Gasteiger partial charge in [-0.25, -0.2) is 4.79 Å². The zero-order chi connectivity index (χ0) is 13.1. The monoisotopic (exact) mass is 249 g/mol. The number of hydrogen-bond acceptors (Lipinski definition) is 3. The molecule has 2 rings (SSSR count). The van der Waals surface area contributed by atoms with Gasteiger partial charge in [0.25, 0.3) is 5.56 Å². The number of allylic oxidation sites excluding steroid dienone is 2. The SMILES string of the molecule is O=C(O)c1cc(O)cc(=O)n1CC1CC=CCC1. The summed E-state index contributed by atoms with van der Waals surface area (Å²) in [5, 5.41) is 18.3. The van der Waals surface area contributed by atoms with Crippen LogP contribution in [0.4, 0.5) is 0 Å². The van der Waals surface area contributed by atoms with Crippen molar-refractivity contribution in [1.82, 2.24) is 4.57 Å². The molecule has 96 valence electrons. The standard InChI is InChI=1S/C13H15NO4/c15-10-6-11(13(17)18)14(12(16)7-10)8-9-4-2-1-3-5-9/h1-2,6-7,9,15H,3-5,8H2,(H,17,18). The predicted molar refractivity (Wildman–Crippen MR) is 65.8 cm³/mol. The van der Waals surface area contributed by atoms with Gasteiger partial charge in [-0.05, 0) is 25.2 Å². The normalized spacial score (nSPS) is 18.8. The summed E-state index contributed by atoms with van der Waals surface area (Å²) in [6.45, 7) is 0.380. The molecule has 0 bridgehead atoms. The summed E-state index contributed by atoms with van der Waals surface area (Å²) < 4.78 is 1.23. The van der Waals surface area contributed by atoms with E-state index in [2.05, 4.69) is 12.2 Å². The molecule has 1 aromatic rings. The molecule has 1 unspecified atom stereocenters. The lowest BCUT2D eigenvalue weighted by Gasteiger charge is -2.20. The Morgan fingerprint density at radius 2 is 2.17 bits per heavy atom. The minimum atomic E-state index is -1.20. The van der Waals surface area contributed by atoms with Crippen LogP contribution in [0.15, 0.2) is 29.1 Å². The zero-order valence-electron chi connectivity index (χ0n) is 9.87. The number of hydrogen-bond donors (Lipinski definition) is 2. The Labute approximate surface area is 104 Å². The lowest BCUT2D eigenvalue weighted by atomic mass is 9.94. The van der Waals surface area contributed by atoms with Crippen LogP contribution in [-0.2, 0) is 6.54 Å². The van der Waals surface area contributed by atoms with Gasteiger partial charge in [-0.2, -0.15) is 0 Å². The fourth-order valence-corrected chi connectivity index (χ4v) is 2.23. The molecule has 1 aliphatic carbocycles. The van der Waals surface area contributed by atoms with Gasteiger partial charge >= 0.3 is 5.97 Å². The molecule has 0 aromatic carbocycles. The van der Waals surface area contributed by atoms with Crippen LogP contribution < -0.4 is 5.56 Å². The molecule has 0 saturated heterocycles. The van der Waals surface area contributed by atoms with Crippen molar-refractivity contribution in [3.8, 4) is 5.75 Å². The molecule has 1 aromatic heterocycles. The van der Waals surface area contributed by atoms with Crippen molar-refractivity contribution < 1.29 is 15.0 Å². The Kier molecular flexibility index (Phi) is 3.50. The van der Waals surface area contributed by atoms with Gasteiger partial charge in [-0.1, -0.05) is 12.2 Å². The van der Waals surface area contributed by atoms with Crippen LogP contribution in [-0.4, -0.2) is 20.7 Å². The first-order valence-electron chi connectivity index (χ1n) is 5.90. The molecule has 2 N–H and O–H groups in total. The highest BCUT2D eigenvalue weighted by molar-refractivity contribution is 5.86. The maximum atomic E-state index is 11.8. The van der Waals surface area contributed by atoms with Crippen molar-refractivity contribution in [2.45, 2.75) is 25.8 Å². The van der Waals surface area contributed by atoms with Crippen LogP contribution in [0, 0.1) is 5.92 Å². The van der Waals surface area contributed by atoms with Crippen molar-refractivity contribution in [3.63, 3.8) is 0 Å². The highest BCUT2D eigenvalue weighted by Gasteiger charge is 2.17. The minimum Gasteiger partial charge on any atom is -0.508 e. The quantitative estimate of drug-likeness (QED) is 0.797. The van der Waals surface area contributed by atoms with Crippen molar-refractivity contribution in [2.75, 3.05) is 0 Å². The fraction of sp³-hybridized carbons (Fsp3) is 0.385. The van der Waals surface area contributed by atoms with E-state index in [-0.39, 0.29) is 17.4 Å². The molecule has 18 heavy (non-hydrogen) atoms. The summed E-state index contributed by atoms with van der Waals surface area (Å²) in [6, 6.07) is 2.16. The summed E-state index contributed by atoms with van der Waals surface area (Å²) in [6.07, 6.45) is 6.91. The number of pyridine rings is 1. The van der Waals surface area contributed by atoms with Crippen LogP contribution in [0.5, 0.6) is 5.75 Å². The third-order valence-corrected chi connectivity index (χ3v) is 3.15. The van der Waals surface area contributed by atoms with Gasteiger partial charge in [0.2, 0.25) is 0 Å². The first-order valence-corrected chi connectivity index (χ1v) is 5.90. The Hall–Kier alpha value is -2.04. The third kappa shape index (κ3) is 2.61. The minimum absolute atomic E-state index is 0.158. The number of aromatic nitrogens is 1. The maximum absolute atomic E-state index is 11.8. The maximum Gasteiger partial charge on any atom is 0.352 e. The van der Waals surface area contributed by atoms with Crippen LogP contribution >= 0.6 is 0 Å². The second-order valence-electron chi connectivity index (χ2n) is 4.50. The smallest absolute Gasteiger partial charge is 0.352 e. The van der Waals surface area contributed by atoms with Crippen LogP contribution in [0.2, 0.25) is 0 Å². The summed E-state index contributed by atoms with van der Waals surface area (Å²) in [4.78, 5) is 22.8. The van der Waals surface area contributed by atoms with E-state index in [1.807, 2.05) is 0 Å². The molecule has 1 aliphatic rings. The molecular weight excluding hydrogens is 234 g/mol. The van der Waals surface area contributed by atoms with E-state index < -0.39 is 11.5 Å². The fourth-order valence-electron chi connectivity index (χ4n) is 2.23. The molecule has 5 heteroatoms. The Morgan fingerprint density at radius 1 is 1.39 bits per heavy atom. The van der Waals surface area contributed by atoms with E-state index in [1.165, 1.54) is 4.57 Å². The Bertz CT molecular complexity index is 544. The first kappa shape index (κ1) is 12.4. The van der Waals surface area contributed by atoms with Crippen molar-refractivity contribution in [1.29, 1.82) is 0 Å². The Balaban J connectivity index is 2.34. The van der Waals surface area contributed by atoms with Gasteiger partial charge < -0.3 is 14.8 Å². The summed E-state index contributed by atoms with van der Waals surface area (Å²) in [5.74, 6) is -1.23. The molecule has 1 heterocycles. The average Bonchev–Trinajstić information content (AvgIpc) is 2.33. The average molecular weight is 249 g/mol. The third-order valence-electron chi connectivity index (χ3n) is 3.15. The number of carbonyl (C=O) groups is 1. The first-order chi connectivity index (χ1) is 8.58. The van der Waals surface area contributed by atoms with Crippen LogP contribution in [0.1, 0.15) is 29.8 Å². The van der Waals surface area contributed by atoms with Crippen molar-refractivity contribution in [2.24, 2.45) is 5.92 Å². The second kappa shape index (κ2) is 5.08. The second-order valence-corrected chi connectivity index (χ2v) is 4.50. The molecule has 0 spiro atoms. The van der Waals surface area contributed by atoms with E-state index in [9.17, 15) is 14.7 Å². The van der Waals surface area contributed by atoms with Gasteiger partial charge in [0, 0.05) is 18.7 Å². The summed E-state index contributed by atoms with van der Waals surface area (Å²) in [5.41, 5.74) is -0.628. The van der Waals surface area contributed by atoms with E-state index >= 15 is 0 Å². The topological polar surface area (TPSA) is 79.5 Å². The molecular formula is C13H15NO4. The Morgan fingerprint density at radius 3 is 2.78 bits per heavy atom. The summed E-state index contributed by atoms with van der Waals surface area (Å²) >= 11 is 0. The number of carboxylic acids is 1. The number of nitrogens with zero attached hydrogens (tertiary/aromatic N) is 1. The molecule has 0 fully saturated rings. The van der Waals surface area contributed by atoms with Gasteiger partial charge in [0.05, 0.1) is 0 Å².